The number of rotatable bonds is 6. The number of carbonyl (C=O) groups is 1. The largest absolute Gasteiger partial charge is 0.338 e. The Morgan fingerprint density at radius 2 is 1.80 bits per heavy atom. The molecule has 0 saturated heterocycles. The number of hydrogen-bond acceptors (Lipinski definition) is 5. The minimum Gasteiger partial charge on any atom is -0.338 e. The summed E-state index contributed by atoms with van der Waals surface area (Å²) < 4.78 is 13.9. The zero-order chi connectivity index (χ0) is 27.8. The summed E-state index contributed by atoms with van der Waals surface area (Å²) in [4.78, 5) is 29.6. The number of benzene rings is 2. The third-order valence-corrected chi connectivity index (χ3v) is 6.86. The lowest BCUT2D eigenvalue weighted by Crippen LogP contribution is -2.14. The molecule has 7 aromatic rings. The second-order valence-electron chi connectivity index (χ2n) is 9.65. The first-order chi connectivity index (χ1) is 20.1. The Labute approximate surface area is 233 Å². The van der Waals surface area contributed by atoms with Crippen LogP contribution in [0.3, 0.4) is 0 Å². The lowest BCUT2D eigenvalue weighted by molar-refractivity contribution is -0.115. The second kappa shape index (κ2) is 10.1. The van der Waals surface area contributed by atoms with Gasteiger partial charge in [-0.1, -0.05) is 42.5 Å². The van der Waals surface area contributed by atoms with Gasteiger partial charge in [-0.15, -0.1) is 0 Å². The molecule has 8 nitrogen and oxygen atoms in total. The number of H-pyrrole nitrogens is 2. The highest BCUT2D eigenvalue weighted by molar-refractivity contribution is 5.99. The Balaban J connectivity index is 1.21. The normalized spacial score (nSPS) is 11.2. The van der Waals surface area contributed by atoms with Crippen molar-refractivity contribution in [2.45, 2.75) is 6.42 Å². The van der Waals surface area contributed by atoms with Crippen LogP contribution in [0.2, 0.25) is 0 Å². The van der Waals surface area contributed by atoms with E-state index in [1.807, 2.05) is 66.7 Å². The average Bonchev–Trinajstić information content (AvgIpc) is 3.61. The van der Waals surface area contributed by atoms with Crippen molar-refractivity contribution < 1.29 is 9.18 Å². The van der Waals surface area contributed by atoms with Gasteiger partial charge < -0.3 is 10.3 Å². The van der Waals surface area contributed by atoms with Gasteiger partial charge in [-0.3, -0.25) is 14.9 Å². The molecule has 5 aromatic heterocycles. The molecule has 0 spiro atoms. The molecule has 3 N–H and O–H groups in total. The molecule has 0 saturated carbocycles. The third-order valence-electron chi connectivity index (χ3n) is 6.86. The van der Waals surface area contributed by atoms with E-state index in [1.165, 1.54) is 12.1 Å². The van der Waals surface area contributed by atoms with Gasteiger partial charge in [0.25, 0.3) is 0 Å². The summed E-state index contributed by atoms with van der Waals surface area (Å²) in [6.07, 6.45) is 5.29. The van der Waals surface area contributed by atoms with E-state index < -0.39 is 0 Å². The molecule has 0 fully saturated rings. The number of hydrogen-bond donors (Lipinski definition) is 3. The number of pyridine rings is 3. The van der Waals surface area contributed by atoms with Crippen molar-refractivity contribution >= 4 is 33.7 Å². The third kappa shape index (κ3) is 4.80. The molecule has 9 heteroatoms. The number of carbonyl (C=O) groups excluding carboxylic acids is 1. The van der Waals surface area contributed by atoms with E-state index in [9.17, 15) is 9.18 Å². The summed E-state index contributed by atoms with van der Waals surface area (Å²) in [6, 6.07) is 25.5. The number of aromatic nitrogens is 6. The number of aromatic amines is 2. The van der Waals surface area contributed by atoms with Crippen LogP contribution in [0.1, 0.15) is 5.56 Å². The summed E-state index contributed by atoms with van der Waals surface area (Å²) in [6.45, 7) is 0. The topological polar surface area (TPSA) is 112 Å². The van der Waals surface area contributed by atoms with Gasteiger partial charge in [0, 0.05) is 23.3 Å². The van der Waals surface area contributed by atoms with E-state index in [0.717, 1.165) is 38.9 Å². The van der Waals surface area contributed by atoms with Gasteiger partial charge in [0.05, 0.1) is 35.2 Å². The zero-order valence-electron chi connectivity index (χ0n) is 21.6. The van der Waals surface area contributed by atoms with Crippen LogP contribution >= 0.6 is 0 Å². The Morgan fingerprint density at radius 1 is 0.902 bits per heavy atom. The highest BCUT2D eigenvalue weighted by atomic mass is 19.1. The second-order valence-corrected chi connectivity index (χ2v) is 9.65. The van der Waals surface area contributed by atoms with E-state index in [4.69, 9.17) is 4.98 Å². The molecule has 1 amide bonds. The maximum atomic E-state index is 13.9. The van der Waals surface area contributed by atoms with Gasteiger partial charge in [-0.2, -0.15) is 5.10 Å². The molecule has 0 radical (unpaired) electrons. The quantitative estimate of drug-likeness (QED) is 0.222. The molecule has 5 heterocycles. The molecule has 0 unspecified atom stereocenters. The summed E-state index contributed by atoms with van der Waals surface area (Å²) >= 11 is 0. The van der Waals surface area contributed by atoms with Gasteiger partial charge in [0.2, 0.25) is 5.91 Å². The van der Waals surface area contributed by atoms with Crippen molar-refractivity contribution in [3.63, 3.8) is 0 Å². The molecule has 0 atom stereocenters. The Morgan fingerprint density at radius 3 is 2.68 bits per heavy atom. The summed E-state index contributed by atoms with van der Waals surface area (Å²) in [5, 5.41) is 11.4. The first kappa shape index (κ1) is 24.3. The Hall–Kier alpha value is -5.70. The number of amides is 1. The predicted octanol–water partition coefficient (Wildman–Crippen LogP) is 6.55. The maximum Gasteiger partial charge on any atom is 0.228 e. The monoisotopic (exact) mass is 539 g/mol. The number of anilines is 1. The fourth-order valence-corrected chi connectivity index (χ4v) is 4.94. The minimum atomic E-state index is -0.299. The lowest BCUT2D eigenvalue weighted by atomic mass is 10.0. The van der Waals surface area contributed by atoms with Gasteiger partial charge in [0.15, 0.2) is 0 Å². The summed E-state index contributed by atoms with van der Waals surface area (Å²) in [7, 11) is 0. The molecule has 41 heavy (non-hydrogen) atoms. The van der Waals surface area contributed by atoms with Crippen LogP contribution in [0.5, 0.6) is 0 Å². The van der Waals surface area contributed by atoms with Crippen LogP contribution in [-0.2, 0) is 11.2 Å². The van der Waals surface area contributed by atoms with Gasteiger partial charge >= 0.3 is 0 Å². The first-order valence-electron chi connectivity index (χ1n) is 13.0. The van der Waals surface area contributed by atoms with Crippen LogP contribution < -0.4 is 5.32 Å². The van der Waals surface area contributed by atoms with Crippen molar-refractivity contribution in [2.24, 2.45) is 0 Å². The number of nitrogens with one attached hydrogen (secondary N) is 3. The van der Waals surface area contributed by atoms with Crippen LogP contribution in [0.25, 0.3) is 55.8 Å². The van der Waals surface area contributed by atoms with Crippen LogP contribution in [0.4, 0.5) is 10.1 Å². The van der Waals surface area contributed by atoms with Crippen LogP contribution in [-0.4, -0.2) is 36.0 Å². The Bertz CT molecular complexity index is 2050. The number of halogens is 1. The van der Waals surface area contributed by atoms with Gasteiger partial charge in [0.1, 0.15) is 22.7 Å². The summed E-state index contributed by atoms with van der Waals surface area (Å²) in [5.41, 5.74) is 8.04. The number of nitrogens with zero attached hydrogens (tertiary/aromatic N) is 4. The van der Waals surface area contributed by atoms with E-state index in [1.54, 1.807) is 24.7 Å². The van der Waals surface area contributed by atoms with Crippen LogP contribution in [0.15, 0.2) is 104 Å². The fraction of sp³-hybridized carbons (Fsp3) is 0.0312. The van der Waals surface area contributed by atoms with Crippen LogP contribution in [0, 0.1) is 5.82 Å². The smallest absolute Gasteiger partial charge is 0.228 e. The van der Waals surface area contributed by atoms with E-state index in [-0.39, 0.29) is 18.1 Å². The molecule has 0 bridgehead atoms. The van der Waals surface area contributed by atoms with Crippen molar-refractivity contribution in [3.05, 3.63) is 115 Å². The molecule has 7 rings (SSSR count). The molecular formula is C32H22FN7O. The van der Waals surface area contributed by atoms with Crippen molar-refractivity contribution in [1.82, 2.24) is 30.1 Å². The molecular weight excluding hydrogens is 517 g/mol. The highest BCUT2D eigenvalue weighted by Gasteiger charge is 2.16. The van der Waals surface area contributed by atoms with E-state index in [2.05, 4.69) is 30.5 Å². The highest BCUT2D eigenvalue weighted by Crippen LogP contribution is 2.33. The SMILES string of the molecule is O=C(Cc1ccccc1)Nc1cncc(-c2ccc3[nH]nc(-c4cc5c(-c6cccc(F)c6)ccnc5[nH]4)c3n2)c1. The minimum absolute atomic E-state index is 0.124. The van der Waals surface area contributed by atoms with Crippen molar-refractivity contribution in [1.29, 1.82) is 0 Å². The summed E-state index contributed by atoms with van der Waals surface area (Å²) in [5.74, 6) is -0.423. The molecule has 2 aromatic carbocycles. The maximum absolute atomic E-state index is 13.9. The van der Waals surface area contributed by atoms with Crippen molar-refractivity contribution in [2.75, 3.05) is 5.32 Å². The number of fused-ring (bicyclic) bond motifs is 2. The predicted molar refractivity (Wildman–Crippen MR) is 156 cm³/mol. The van der Waals surface area contributed by atoms with Gasteiger partial charge in [-0.25, -0.2) is 14.4 Å². The molecule has 0 aliphatic carbocycles. The standard InChI is InChI=1S/C32H22FN7O/c33-22-8-4-7-20(14-22)24-11-12-35-32-25(24)16-28(38-32)31-30-27(39-40-31)10-9-26(37-30)21-15-23(18-34-17-21)36-29(41)13-19-5-2-1-3-6-19/h1-12,14-18H,13H2,(H,35,38)(H,36,41)(H,39,40). The van der Waals surface area contributed by atoms with Gasteiger partial charge in [-0.05, 0) is 59.2 Å². The molecule has 0 aliphatic heterocycles. The zero-order valence-corrected chi connectivity index (χ0v) is 21.6. The molecule has 198 valence electrons. The van der Waals surface area contributed by atoms with Crippen molar-refractivity contribution in [3.8, 4) is 33.8 Å². The molecule has 0 aliphatic rings. The Kier molecular flexibility index (Phi) is 6.01. The van der Waals surface area contributed by atoms with E-state index >= 15 is 0 Å². The van der Waals surface area contributed by atoms with E-state index in [0.29, 0.717) is 28.2 Å². The first-order valence-corrected chi connectivity index (χ1v) is 13.0. The lowest BCUT2D eigenvalue weighted by Gasteiger charge is -2.07. The fourth-order valence-electron chi connectivity index (χ4n) is 4.94. The average molecular weight is 540 g/mol.